The Labute approximate surface area is 87.6 Å². The van der Waals surface area contributed by atoms with E-state index in [0.717, 1.165) is 18.4 Å². The van der Waals surface area contributed by atoms with E-state index < -0.39 is 0 Å². The summed E-state index contributed by atoms with van der Waals surface area (Å²) in [4.78, 5) is 0. The van der Waals surface area contributed by atoms with Crippen LogP contribution < -0.4 is 11.1 Å². The first-order chi connectivity index (χ1) is 6.73. The van der Waals surface area contributed by atoms with Crippen LogP contribution in [0, 0.1) is 17.3 Å². The van der Waals surface area contributed by atoms with Crippen LogP contribution in [0.25, 0.3) is 0 Å². The summed E-state index contributed by atoms with van der Waals surface area (Å²) >= 11 is 0. The maximum absolute atomic E-state index is 5.77. The summed E-state index contributed by atoms with van der Waals surface area (Å²) in [6.45, 7) is 5.71. The Morgan fingerprint density at radius 1 is 1.29 bits per heavy atom. The van der Waals surface area contributed by atoms with Gasteiger partial charge in [0.25, 0.3) is 0 Å². The Morgan fingerprint density at radius 2 is 2.00 bits per heavy atom. The molecule has 2 aliphatic rings. The van der Waals surface area contributed by atoms with E-state index in [0.29, 0.717) is 5.41 Å². The Kier molecular flexibility index (Phi) is 3.13. The highest BCUT2D eigenvalue weighted by molar-refractivity contribution is 4.91. The SMILES string of the molecule is CC1(CNCC2CCCC2CN)CC1. The number of hydrogen-bond donors (Lipinski definition) is 2. The summed E-state index contributed by atoms with van der Waals surface area (Å²) in [7, 11) is 0. The molecule has 0 aromatic carbocycles. The Hall–Kier alpha value is -0.0800. The zero-order valence-electron chi connectivity index (χ0n) is 9.39. The molecule has 0 spiro atoms. The zero-order chi connectivity index (χ0) is 10.0. The van der Waals surface area contributed by atoms with E-state index in [-0.39, 0.29) is 0 Å². The van der Waals surface area contributed by atoms with Gasteiger partial charge in [0.1, 0.15) is 0 Å². The second-order valence-corrected chi connectivity index (χ2v) is 5.63. The van der Waals surface area contributed by atoms with Gasteiger partial charge in [-0.2, -0.15) is 0 Å². The van der Waals surface area contributed by atoms with Crippen LogP contribution in [0.5, 0.6) is 0 Å². The van der Waals surface area contributed by atoms with E-state index in [4.69, 9.17) is 5.73 Å². The lowest BCUT2D eigenvalue weighted by molar-refractivity contribution is 0.358. The molecule has 0 aliphatic heterocycles. The minimum atomic E-state index is 0.650. The average molecular weight is 196 g/mol. The normalized spacial score (nSPS) is 34.7. The first-order valence-electron chi connectivity index (χ1n) is 6.14. The Morgan fingerprint density at radius 3 is 2.64 bits per heavy atom. The molecule has 2 atom stereocenters. The van der Waals surface area contributed by atoms with E-state index >= 15 is 0 Å². The summed E-state index contributed by atoms with van der Waals surface area (Å²) in [5, 5.41) is 3.64. The van der Waals surface area contributed by atoms with Crippen LogP contribution in [0.3, 0.4) is 0 Å². The van der Waals surface area contributed by atoms with Crippen molar-refractivity contribution in [2.45, 2.75) is 39.0 Å². The fourth-order valence-corrected chi connectivity index (χ4v) is 2.64. The second-order valence-electron chi connectivity index (χ2n) is 5.63. The van der Waals surface area contributed by atoms with Crippen molar-refractivity contribution in [2.75, 3.05) is 19.6 Å². The maximum atomic E-state index is 5.77. The van der Waals surface area contributed by atoms with Gasteiger partial charge in [0.05, 0.1) is 0 Å². The fourth-order valence-electron chi connectivity index (χ4n) is 2.64. The molecule has 0 bridgehead atoms. The molecule has 0 aromatic heterocycles. The van der Waals surface area contributed by atoms with Crippen molar-refractivity contribution in [3.05, 3.63) is 0 Å². The van der Waals surface area contributed by atoms with Crippen LogP contribution in [-0.4, -0.2) is 19.6 Å². The molecule has 2 unspecified atom stereocenters. The maximum Gasteiger partial charge on any atom is 0.000528 e. The molecule has 0 amide bonds. The summed E-state index contributed by atoms with van der Waals surface area (Å²) in [5.74, 6) is 1.66. The van der Waals surface area contributed by atoms with Crippen LogP contribution in [-0.2, 0) is 0 Å². The van der Waals surface area contributed by atoms with Crippen molar-refractivity contribution in [1.29, 1.82) is 0 Å². The van der Waals surface area contributed by atoms with Crippen molar-refractivity contribution in [1.82, 2.24) is 5.32 Å². The van der Waals surface area contributed by atoms with E-state index in [1.165, 1.54) is 45.2 Å². The number of rotatable bonds is 5. The third-order valence-corrected chi connectivity index (χ3v) is 4.18. The molecular formula is C12H24N2. The van der Waals surface area contributed by atoms with Crippen molar-refractivity contribution >= 4 is 0 Å². The van der Waals surface area contributed by atoms with Crippen LogP contribution in [0.2, 0.25) is 0 Å². The number of nitrogens with two attached hydrogens (primary N) is 1. The Bertz CT molecular complexity index is 187. The van der Waals surface area contributed by atoms with E-state index in [1.807, 2.05) is 0 Å². The van der Waals surface area contributed by atoms with E-state index in [2.05, 4.69) is 12.2 Å². The average Bonchev–Trinajstić information content (AvgIpc) is 2.75. The summed E-state index contributed by atoms with van der Waals surface area (Å²) < 4.78 is 0. The second kappa shape index (κ2) is 4.19. The molecule has 0 radical (unpaired) electrons. The predicted octanol–water partition coefficient (Wildman–Crippen LogP) is 1.75. The topological polar surface area (TPSA) is 38.0 Å². The lowest BCUT2D eigenvalue weighted by atomic mass is 9.96. The Balaban J connectivity index is 1.64. The van der Waals surface area contributed by atoms with Crippen LogP contribution >= 0.6 is 0 Å². The summed E-state index contributed by atoms with van der Waals surface area (Å²) in [6, 6.07) is 0. The van der Waals surface area contributed by atoms with Gasteiger partial charge in [-0.15, -0.1) is 0 Å². The molecule has 2 heteroatoms. The lowest BCUT2D eigenvalue weighted by Crippen LogP contribution is -2.31. The van der Waals surface area contributed by atoms with Crippen LogP contribution in [0.4, 0.5) is 0 Å². The van der Waals surface area contributed by atoms with Crippen molar-refractivity contribution in [3.63, 3.8) is 0 Å². The van der Waals surface area contributed by atoms with Gasteiger partial charge in [0.2, 0.25) is 0 Å². The molecule has 82 valence electrons. The number of nitrogens with one attached hydrogen (secondary N) is 1. The smallest absolute Gasteiger partial charge is 0.000528 e. The molecule has 2 nitrogen and oxygen atoms in total. The van der Waals surface area contributed by atoms with Crippen molar-refractivity contribution in [2.24, 2.45) is 23.0 Å². The van der Waals surface area contributed by atoms with Gasteiger partial charge in [0, 0.05) is 6.54 Å². The highest BCUT2D eigenvalue weighted by atomic mass is 14.9. The predicted molar refractivity (Wildman–Crippen MR) is 60.1 cm³/mol. The molecular weight excluding hydrogens is 172 g/mol. The molecule has 0 heterocycles. The first-order valence-corrected chi connectivity index (χ1v) is 6.14. The molecule has 2 aliphatic carbocycles. The molecule has 2 saturated carbocycles. The first kappa shape index (κ1) is 10.4. The summed E-state index contributed by atoms with van der Waals surface area (Å²) in [6.07, 6.45) is 6.99. The van der Waals surface area contributed by atoms with Gasteiger partial charge >= 0.3 is 0 Å². The molecule has 3 N–H and O–H groups in total. The molecule has 0 aromatic rings. The van der Waals surface area contributed by atoms with Gasteiger partial charge in [-0.1, -0.05) is 13.3 Å². The minimum absolute atomic E-state index is 0.650. The van der Waals surface area contributed by atoms with Crippen molar-refractivity contribution < 1.29 is 0 Å². The van der Waals surface area contributed by atoms with Gasteiger partial charge in [0.15, 0.2) is 0 Å². The zero-order valence-corrected chi connectivity index (χ0v) is 9.39. The quantitative estimate of drug-likeness (QED) is 0.703. The van der Waals surface area contributed by atoms with Crippen LogP contribution in [0.15, 0.2) is 0 Å². The van der Waals surface area contributed by atoms with Gasteiger partial charge in [-0.3, -0.25) is 0 Å². The summed E-state index contributed by atoms with van der Waals surface area (Å²) in [5.41, 5.74) is 6.42. The van der Waals surface area contributed by atoms with Gasteiger partial charge in [-0.05, 0) is 56.0 Å². The van der Waals surface area contributed by atoms with Gasteiger partial charge < -0.3 is 11.1 Å². The lowest BCUT2D eigenvalue weighted by Gasteiger charge is -2.19. The third-order valence-electron chi connectivity index (χ3n) is 4.18. The van der Waals surface area contributed by atoms with Crippen molar-refractivity contribution in [3.8, 4) is 0 Å². The van der Waals surface area contributed by atoms with Gasteiger partial charge in [-0.25, -0.2) is 0 Å². The van der Waals surface area contributed by atoms with Crippen LogP contribution in [0.1, 0.15) is 39.0 Å². The minimum Gasteiger partial charge on any atom is -0.330 e. The molecule has 14 heavy (non-hydrogen) atoms. The number of hydrogen-bond acceptors (Lipinski definition) is 2. The highest BCUT2D eigenvalue weighted by Gasteiger charge is 2.37. The fraction of sp³-hybridized carbons (Fsp3) is 1.00. The monoisotopic (exact) mass is 196 g/mol. The molecule has 2 fully saturated rings. The molecule has 0 saturated heterocycles. The standard InChI is InChI=1S/C12H24N2/c1-12(5-6-12)9-14-8-11-4-2-3-10(11)7-13/h10-11,14H,2-9,13H2,1H3. The van der Waals surface area contributed by atoms with E-state index in [1.54, 1.807) is 0 Å². The molecule has 2 rings (SSSR count). The third kappa shape index (κ3) is 2.48. The highest BCUT2D eigenvalue weighted by Crippen LogP contribution is 2.44. The van der Waals surface area contributed by atoms with E-state index in [9.17, 15) is 0 Å². The largest absolute Gasteiger partial charge is 0.330 e.